The summed E-state index contributed by atoms with van der Waals surface area (Å²) < 4.78 is 11.0. The van der Waals surface area contributed by atoms with Crippen LogP contribution in [0.2, 0.25) is 0 Å². The van der Waals surface area contributed by atoms with E-state index in [1.807, 2.05) is 46.8 Å². The number of carbonyl (C=O) groups is 1. The quantitative estimate of drug-likeness (QED) is 0.905. The summed E-state index contributed by atoms with van der Waals surface area (Å²) in [5, 5.41) is 3.45. The van der Waals surface area contributed by atoms with Gasteiger partial charge in [0.1, 0.15) is 11.4 Å². The zero-order valence-electron chi connectivity index (χ0n) is 14.8. The lowest BCUT2D eigenvalue weighted by Crippen LogP contribution is -2.60. The van der Waals surface area contributed by atoms with Crippen LogP contribution in [-0.4, -0.2) is 41.8 Å². The van der Waals surface area contributed by atoms with Crippen molar-refractivity contribution in [1.29, 1.82) is 0 Å². The van der Waals surface area contributed by atoms with Gasteiger partial charge < -0.3 is 19.7 Å². The first-order valence-corrected chi connectivity index (χ1v) is 8.20. The molecule has 2 rings (SSSR count). The zero-order chi connectivity index (χ0) is 17.0. The number of likely N-dealkylation sites (tertiary alicyclic amines) is 1. The smallest absolute Gasteiger partial charge is 0.410 e. The second-order valence-corrected chi connectivity index (χ2v) is 7.27. The highest BCUT2D eigenvalue weighted by molar-refractivity contribution is 5.69. The number of amides is 1. The lowest BCUT2D eigenvalue weighted by atomic mass is 10.1. The van der Waals surface area contributed by atoms with Gasteiger partial charge in [-0.15, -0.1) is 0 Å². The van der Waals surface area contributed by atoms with Crippen LogP contribution in [0.1, 0.15) is 40.2 Å². The molecule has 1 N–H and O–H groups in total. The van der Waals surface area contributed by atoms with Crippen molar-refractivity contribution in [2.45, 2.75) is 58.9 Å². The van der Waals surface area contributed by atoms with Gasteiger partial charge in [-0.2, -0.15) is 0 Å². The molecular formula is C18H28N2O3. The van der Waals surface area contributed by atoms with Crippen molar-refractivity contribution in [2.75, 3.05) is 13.1 Å². The molecule has 0 spiro atoms. The molecule has 1 aromatic rings. The Morgan fingerprint density at radius 2 is 1.87 bits per heavy atom. The number of hydrogen-bond donors (Lipinski definition) is 1. The van der Waals surface area contributed by atoms with Crippen LogP contribution >= 0.6 is 0 Å². The van der Waals surface area contributed by atoms with E-state index in [4.69, 9.17) is 9.47 Å². The van der Waals surface area contributed by atoms with E-state index >= 15 is 0 Å². The summed E-state index contributed by atoms with van der Waals surface area (Å²) in [5.41, 5.74) is 0.770. The second kappa shape index (κ2) is 7.21. The standard InChI is InChI=1S/C18H28N2O3/c1-13(2)22-16-8-6-14(7-9-16)10-19-15-11-20(12-15)17(21)23-18(3,4)5/h6-9,13,15,19H,10-12H2,1-5H3. The van der Waals surface area contributed by atoms with Gasteiger partial charge in [0.15, 0.2) is 0 Å². The largest absolute Gasteiger partial charge is 0.491 e. The third-order valence-corrected chi connectivity index (χ3v) is 3.42. The van der Waals surface area contributed by atoms with Crippen molar-refractivity contribution >= 4 is 6.09 Å². The van der Waals surface area contributed by atoms with Crippen molar-refractivity contribution in [3.8, 4) is 5.75 Å². The maximum atomic E-state index is 11.8. The number of hydrogen-bond acceptors (Lipinski definition) is 4. The van der Waals surface area contributed by atoms with Crippen molar-refractivity contribution in [3.05, 3.63) is 29.8 Å². The number of benzene rings is 1. The Labute approximate surface area is 139 Å². The van der Waals surface area contributed by atoms with E-state index < -0.39 is 5.60 Å². The Bertz CT molecular complexity index is 514. The summed E-state index contributed by atoms with van der Waals surface area (Å²) in [6.45, 7) is 11.9. The molecule has 0 aliphatic carbocycles. The van der Waals surface area contributed by atoms with E-state index in [-0.39, 0.29) is 12.2 Å². The Morgan fingerprint density at radius 3 is 2.39 bits per heavy atom. The molecule has 0 radical (unpaired) electrons. The van der Waals surface area contributed by atoms with E-state index in [1.54, 1.807) is 4.90 Å². The molecule has 5 nitrogen and oxygen atoms in total. The predicted octanol–water partition coefficient (Wildman–Crippen LogP) is 3.18. The first-order chi connectivity index (χ1) is 10.7. The zero-order valence-corrected chi connectivity index (χ0v) is 14.8. The fraction of sp³-hybridized carbons (Fsp3) is 0.611. The Hall–Kier alpha value is -1.75. The van der Waals surface area contributed by atoms with Crippen molar-refractivity contribution < 1.29 is 14.3 Å². The minimum absolute atomic E-state index is 0.188. The van der Waals surface area contributed by atoms with Crippen LogP contribution in [0.3, 0.4) is 0 Å². The summed E-state index contributed by atoms with van der Waals surface area (Å²) in [7, 11) is 0. The molecule has 0 bridgehead atoms. The van der Waals surface area contributed by atoms with Crippen molar-refractivity contribution in [3.63, 3.8) is 0 Å². The molecule has 0 aromatic heterocycles. The molecule has 1 aliphatic heterocycles. The highest BCUT2D eigenvalue weighted by Crippen LogP contribution is 2.17. The van der Waals surface area contributed by atoms with Crippen LogP contribution in [0.25, 0.3) is 0 Å². The lowest BCUT2D eigenvalue weighted by molar-refractivity contribution is 0.00518. The van der Waals surface area contributed by atoms with E-state index in [0.717, 1.165) is 12.3 Å². The molecular weight excluding hydrogens is 292 g/mol. The first kappa shape index (κ1) is 17.6. The molecule has 1 saturated heterocycles. The van der Waals surface area contributed by atoms with E-state index in [2.05, 4.69) is 17.4 Å². The van der Waals surface area contributed by atoms with Crippen LogP contribution in [0.15, 0.2) is 24.3 Å². The van der Waals surface area contributed by atoms with Crippen LogP contribution in [0, 0.1) is 0 Å². The molecule has 1 aromatic carbocycles. The lowest BCUT2D eigenvalue weighted by Gasteiger charge is -2.40. The van der Waals surface area contributed by atoms with Gasteiger partial charge in [-0.05, 0) is 52.3 Å². The molecule has 23 heavy (non-hydrogen) atoms. The Morgan fingerprint density at radius 1 is 1.26 bits per heavy atom. The summed E-state index contributed by atoms with van der Waals surface area (Å²) in [4.78, 5) is 13.6. The monoisotopic (exact) mass is 320 g/mol. The van der Waals surface area contributed by atoms with Gasteiger partial charge in [-0.25, -0.2) is 4.79 Å². The van der Waals surface area contributed by atoms with Gasteiger partial charge in [-0.3, -0.25) is 0 Å². The summed E-state index contributed by atoms with van der Waals surface area (Å²) in [5.74, 6) is 0.892. The van der Waals surface area contributed by atoms with Gasteiger partial charge in [0.05, 0.1) is 6.10 Å². The molecule has 5 heteroatoms. The molecule has 0 unspecified atom stereocenters. The molecule has 1 amide bonds. The number of rotatable bonds is 5. The molecule has 0 atom stereocenters. The average molecular weight is 320 g/mol. The van der Waals surface area contributed by atoms with E-state index in [0.29, 0.717) is 19.1 Å². The maximum absolute atomic E-state index is 11.8. The third kappa shape index (κ3) is 5.75. The normalized spacial score (nSPS) is 15.5. The topological polar surface area (TPSA) is 50.8 Å². The van der Waals surface area contributed by atoms with Crippen LogP contribution in [-0.2, 0) is 11.3 Å². The van der Waals surface area contributed by atoms with Crippen molar-refractivity contribution in [2.24, 2.45) is 0 Å². The van der Waals surface area contributed by atoms with Gasteiger partial charge in [-0.1, -0.05) is 12.1 Å². The average Bonchev–Trinajstić information content (AvgIpc) is 2.36. The number of carbonyl (C=O) groups excluding carboxylic acids is 1. The molecule has 0 saturated carbocycles. The van der Waals surface area contributed by atoms with Crippen LogP contribution in [0.5, 0.6) is 5.75 Å². The number of ether oxygens (including phenoxy) is 2. The summed E-state index contributed by atoms with van der Waals surface area (Å²) in [6, 6.07) is 8.44. The SMILES string of the molecule is CC(C)Oc1ccc(CNC2CN(C(=O)OC(C)(C)C)C2)cc1. The summed E-state index contributed by atoms with van der Waals surface area (Å²) in [6.07, 6.45) is -0.0430. The van der Waals surface area contributed by atoms with E-state index in [1.165, 1.54) is 5.56 Å². The minimum atomic E-state index is -0.435. The van der Waals surface area contributed by atoms with Gasteiger partial charge in [0, 0.05) is 25.7 Å². The Kier molecular flexibility index (Phi) is 5.52. The molecule has 1 heterocycles. The minimum Gasteiger partial charge on any atom is -0.491 e. The van der Waals surface area contributed by atoms with Crippen molar-refractivity contribution in [1.82, 2.24) is 10.2 Å². The molecule has 1 fully saturated rings. The second-order valence-electron chi connectivity index (χ2n) is 7.27. The first-order valence-electron chi connectivity index (χ1n) is 8.20. The molecule has 1 aliphatic rings. The maximum Gasteiger partial charge on any atom is 0.410 e. The third-order valence-electron chi connectivity index (χ3n) is 3.42. The molecule has 128 valence electrons. The Balaban J connectivity index is 1.69. The highest BCUT2D eigenvalue weighted by Gasteiger charge is 2.33. The number of nitrogens with one attached hydrogen (secondary N) is 1. The highest BCUT2D eigenvalue weighted by atomic mass is 16.6. The van der Waals surface area contributed by atoms with Crippen LogP contribution < -0.4 is 10.1 Å². The number of nitrogens with zero attached hydrogens (tertiary/aromatic N) is 1. The fourth-order valence-electron chi connectivity index (χ4n) is 2.30. The van der Waals surface area contributed by atoms with Gasteiger partial charge in [0.25, 0.3) is 0 Å². The fourth-order valence-corrected chi connectivity index (χ4v) is 2.30. The van der Waals surface area contributed by atoms with E-state index in [9.17, 15) is 4.79 Å². The summed E-state index contributed by atoms with van der Waals surface area (Å²) >= 11 is 0. The predicted molar refractivity (Wildman–Crippen MR) is 90.6 cm³/mol. The van der Waals surface area contributed by atoms with Gasteiger partial charge in [0.2, 0.25) is 0 Å². The van der Waals surface area contributed by atoms with Crippen LogP contribution in [0.4, 0.5) is 4.79 Å². The van der Waals surface area contributed by atoms with Gasteiger partial charge >= 0.3 is 6.09 Å².